The van der Waals surface area contributed by atoms with E-state index in [-0.39, 0.29) is 0 Å². The van der Waals surface area contributed by atoms with Gasteiger partial charge in [-0.05, 0) is 46.2 Å². The van der Waals surface area contributed by atoms with Gasteiger partial charge in [-0.2, -0.15) is 0 Å². The zero-order valence-corrected chi connectivity index (χ0v) is 11.8. The van der Waals surface area contributed by atoms with Crippen LogP contribution in [-0.4, -0.2) is 11.7 Å². The molecule has 0 fully saturated rings. The van der Waals surface area contributed by atoms with Gasteiger partial charge in [-0.3, -0.25) is 5.43 Å². The van der Waals surface area contributed by atoms with Crippen molar-refractivity contribution in [2.45, 2.75) is 46.8 Å². The number of hydrogen-bond donors (Lipinski definition) is 2. The summed E-state index contributed by atoms with van der Waals surface area (Å²) in [4.78, 5) is 13.9. The van der Waals surface area contributed by atoms with Gasteiger partial charge in [0.25, 0.3) is 0 Å². The normalized spacial score (nSPS) is 11.4. The molecule has 0 saturated carbocycles. The largest absolute Gasteiger partial charge is 0.443 e. The van der Waals surface area contributed by atoms with Crippen LogP contribution in [0.1, 0.15) is 36.1 Å². The van der Waals surface area contributed by atoms with Crippen LogP contribution in [0.25, 0.3) is 0 Å². The first-order chi connectivity index (χ1) is 7.78. The van der Waals surface area contributed by atoms with Crippen LogP contribution in [0.2, 0.25) is 0 Å². The number of hydrazine groups is 1. The third-order valence-electron chi connectivity index (χ3n) is 2.01. The third-order valence-corrected chi connectivity index (χ3v) is 3.02. The topological polar surface area (TPSA) is 50.4 Å². The quantitative estimate of drug-likeness (QED) is 0.818. The highest BCUT2D eigenvalue weighted by Crippen LogP contribution is 2.19. The molecule has 17 heavy (non-hydrogen) atoms. The van der Waals surface area contributed by atoms with E-state index in [0.717, 1.165) is 0 Å². The Kier molecular flexibility index (Phi) is 4.54. The van der Waals surface area contributed by atoms with Gasteiger partial charge in [-0.15, -0.1) is 11.3 Å². The van der Waals surface area contributed by atoms with E-state index in [1.54, 1.807) is 11.3 Å². The molecule has 0 spiro atoms. The van der Waals surface area contributed by atoms with Crippen molar-refractivity contribution in [1.29, 1.82) is 0 Å². The number of nitrogens with one attached hydrogen (secondary N) is 2. The van der Waals surface area contributed by atoms with Gasteiger partial charge in [0, 0.05) is 16.3 Å². The molecule has 4 nitrogen and oxygen atoms in total. The maximum Gasteiger partial charge on any atom is 0.422 e. The van der Waals surface area contributed by atoms with Crippen LogP contribution in [0.3, 0.4) is 0 Å². The second-order valence-electron chi connectivity index (χ2n) is 4.92. The molecule has 0 saturated heterocycles. The molecule has 0 bridgehead atoms. The van der Waals surface area contributed by atoms with E-state index < -0.39 is 11.7 Å². The van der Waals surface area contributed by atoms with Gasteiger partial charge in [0.2, 0.25) is 0 Å². The maximum atomic E-state index is 11.3. The fraction of sp³-hybridized carbons (Fsp3) is 0.583. The molecule has 1 heterocycles. The minimum absolute atomic E-state index is 0.456. The summed E-state index contributed by atoms with van der Waals surface area (Å²) in [7, 11) is 0. The molecule has 0 unspecified atom stereocenters. The molecule has 0 aromatic carbocycles. The summed E-state index contributed by atoms with van der Waals surface area (Å²) < 4.78 is 5.10. The molecule has 96 valence electrons. The Morgan fingerprint density at radius 2 is 2.06 bits per heavy atom. The standard InChI is InChI=1S/C12H20N2O2S/c1-8-6-10(9(2)17-8)7-13-14-11(15)16-12(3,4)5/h6,13H,7H2,1-5H3,(H,14,15). The first kappa shape index (κ1) is 14.0. The van der Waals surface area contributed by atoms with Crippen LogP contribution < -0.4 is 10.9 Å². The summed E-state index contributed by atoms with van der Waals surface area (Å²) in [5.41, 5.74) is 6.10. The number of carbonyl (C=O) groups excluding carboxylic acids is 1. The van der Waals surface area contributed by atoms with Crippen LogP contribution in [0, 0.1) is 13.8 Å². The molecule has 0 aliphatic heterocycles. The lowest BCUT2D eigenvalue weighted by atomic mass is 10.2. The number of amides is 1. The summed E-state index contributed by atoms with van der Waals surface area (Å²) in [6.07, 6.45) is -0.456. The van der Waals surface area contributed by atoms with Crippen molar-refractivity contribution < 1.29 is 9.53 Å². The average molecular weight is 256 g/mol. The summed E-state index contributed by atoms with van der Waals surface area (Å²) in [5, 5.41) is 0. The number of aryl methyl sites for hydroxylation is 2. The van der Waals surface area contributed by atoms with Gasteiger partial charge in [-0.25, -0.2) is 10.2 Å². The Morgan fingerprint density at radius 3 is 2.53 bits per heavy atom. The van der Waals surface area contributed by atoms with E-state index >= 15 is 0 Å². The summed E-state index contributed by atoms with van der Waals surface area (Å²) in [6.45, 7) is 10.2. The lowest BCUT2D eigenvalue weighted by molar-refractivity contribution is 0.0497. The van der Waals surface area contributed by atoms with Crippen LogP contribution in [0.15, 0.2) is 6.07 Å². The fourth-order valence-corrected chi connectivity index (χ4v) is 2.32. The van der Waals surface area contributed by atoms with Gasteiger partial charge in [0.1, 0.15) is 5.60 Å². The molecule has 1 amide bonds. The maximum absolute atomic E-state index is 11.3. The Bertz CT molecular complexity index is 394. The molecule has 1 aromatic heterocycles. The number of rotatable bonds is 3. The molecule has 0 aliphatic carbocycles. The van der Waals surface area contributed by atoms with E-state index in [1.807, 2.05) is 20.8 Å². The molecule has 0 radical (unpaired) electrons. The third kappa shape index (κ3) is 5.19. The van der Waals surface area contributed by atoms with Crippen molar-refractivity contribution in [1.82, 2.24) is 10.9 Å². The van der Waals surface area contributed by atoms with E-state index in [2.05, 4.69) is 30.8 Å². The van der Waals surface area contributed by atoms with Gasteiger partial charge in [0.15, 0.2) is 0 Å². The van der Waals surface area contributed by atoms with Crippen LogP contribution >= 0.6 is 11.3 Å². The average Bonchev–Trinajstić information content (AvgIpc) is 2.42. The minimum Gasteiger partial charge on any atom is -0.443 e. The highest BCUT2D eigenvalue weighted by molar-refractivity contribution is 7.12. The van der Waals surface area contributed by atoms with Crippen molar-refractivity contribution in [3.8, 4) is 0 Å². The van der Waals surface area contributed by atoms with E-state index in [1.165, 1.54) is 15.3 Å². The van der Waals surface area contributed by atoms with E-state index in [4.69, 9.17) is 4.74 Å². The number of thiophene rings is 1. The summed E-state index contributed by atoms with van der Waals surface area (Å²) in [5.74, 6) is 0. The number of ether oxygens (including phenoxy) is 1. The van der Waals surface area contributed by atoms with Gasteiger partial charge in [-0.1, -0.05) is 0 Å². The first-order valence-electron chi connectivity index (χ1n) is 5.56. The molecule has 1 aromatic rings. The number of carbonyl (C=O) groups is 1. The van der Waals surface area contributed by atoms with Crippen molar-refractivity contribution in [3.63, 3.8) is 0 Å². The van der Waals surface area contributed by atoms with E-state index in [0.29, 0.717) is 6.54 Å². The predicted molar refractivity (Wildman–Crippen MR) is 70.0 cm³/mol. The highest BCUT2D eigenvalue weighted by Gasteiger charge is 2.15. The second-order valence-corrected chi connectivity index (χ2v) is 6.38. The molecule has 1 rings (SSSR count). The molecule has 5 heteroatoms. The SMILES string of the molecule is Cc1cc(CNNC(=O)OC(C)(C)C)c(C)s1. The molecule has 2 N–H and O–H groups in total. The molecule has 0 aliphatic rings. The Balaban J connectivity index is 2.33. The number of hydrogen-bond acceptors (Lipinski definition) is 4. The van der Waals surface area contributed by atoms with Crippen LogP contribution in [0.5, 0.6) is 0 Å². The zero-order valence-electron chi connectivity index (χ0n) is 11.0. The lowest BCUT2D eigenvalue weighted by Gasteiger charge is -2.19. The van der Waals surface area contributed by atoms with Crippen molar-refractivity contribution in [2.75, 3.05) is 0 Å². The van der Waals surface area contributed by atoms with Crippen LogP contribution in [-0.2, 0) is 11.3 Å². The van der Waals surface area contributed by atoms with Crippen LogP contribution in [0.4, 0.5) is 4.79 Å². The van der Waals surface area contributed by atoms with Gasteiger partial charge >= 0.3 is 6.09 Å². The van der Waals surface area contributed by atoms with Gasteiger partial charge < -0.3 is 4.74 Å². The first-order valence-corrected chi connectivity index (χ1v) is 6.37. The monoisotopic (exact) mass is 256 g/mol. The Labute approximate surface area is 106 Å². The highest BCUT2D eigenvalue weighted by atomic mass is 32.1. The summed E-state index contributed by atoms with van der Waals surface area (Å²) >= 11 is 1.75. The minimum atomic E-state index is -0.472. The van der Waals surface area contributed by atoms with Crippen molar-refractivity contribution in [2.24, 2.45) is 0 Å². The summed E-state index contributed by atoms with van der Waals surface area (Å²) in [6, 6.07) is 2.11. The Hall–Kier alpha value is -1.07. The van der Waals surface area contributed by atoms with Gasteiger partial charge in [0.05, 0.1) is 0 Å². The van der Waals surface area contributed by atoms with E-state index in [9.17, 15) is 4.79 Å². The molecular formula is C12H20N2O2S. The lowest BCUT2D eigenvalue weighted by Crippen LogP contribution is -2.40. The van der Waals surface area contributed by atoms with Crippen molar-refractivity contribution in [3.05, 3.63) is 21.4 Å². The zero-order chi connectivity index (χ0) is 13.1. The molecule has 0 atom stereocenters. The molecular weight excluding hydrogens is 236 g/mol. The smallest absolute Gasteiger partial charge is 0.422 e. The fourth-order valence-electron chi connectivity index (χ4n) is 1.37. The Morgan fingerprint density at radius 1 is 1.41 bits per heavy atom. The predicted octanol–water partition coefficient (Wildman–Crippen LogP) is 2.89. The second kappa shape index (κ2) is 5.51. The van der Waals surface area contributed by atoms with Crippen molar-refractivity contribution >= 4 is 17.4 Å².